The second-order valence-electron chi connectivity index (χ2n) is 4.61. The van der Waals surface area contributed by atoms with Gasteiger partial charge in [0.15, 0.2) is 0 Å². The molecule has 13 heavy (non-hydrogen) atoms. The van der Waals surface area contributed by atoms with Crippen molar-refractivity contribution < 1.29 is 4.74 Å². The van der Waals surface area contributed by atoms with E-state index in [1.165, 1.54) is 32.4 Å². The molecule has 0 bridgehead atoms. The van der Waals surface area contributed by atoms with Gasteiger partial charge in [-0.15, -0.1) is 0 Å². The Bertz CT molecular complexity index is 167. The van der Waals surface area contributed by atoms with E-state index in [1.807, 2.05) is 0 Å². The van der Waals surface area contributed by atoms with Crippen molar-refractivity contribution in [1.82, 2.24) is 4.90 Å². The minimum absolute atomic E-state index is 0.568. The molecule has 2 aliphatic heterocycles. The van der Waals surface area contributed by atoms with Crippen LogP contribution in [0.5, 0.6) is 0 Å². The number of epoxide rings is 1. The Labute approximate surface area is 81.3 Å². The van der Waals surface area contributed by atoms with Crippen LogP contribution in [0.4, 0.5) is 0 Å². The lowest BCUT2D eigenvalue weighted by atomic mass is 9.91. The first-order valence-corrected chi connectivity index (χ1v) is 5.65. The van der Waals surface area contributed by atoms with E-state index in [4.69, 9.17) is 4.74 Å². The van der Waals surface area contributed by atoms with Crippen LogP contribution in [-0.2, 0) is 4.74 Å². The predicted octanol–water partition coefficient (Wildman–Crippen LogP) is 1.90. The van der Waals surface area contributed by atoms with Crippen molar-refractivity contribution in [1.29, 1.82) is 0 Å². The van der Waals surface area contributed by atoms with Crippen molar-refractivity contribution in [3.63, 3.8) is 0 Å². The summed E-state index contributed by atoms with van der Waals surface area (Å²) in [5, 5.41) is 0. The Balaban J connectivity index is 1.82. The number of ether oxygens (including phenoxy) is 1. The highest BCUT2D eigenvalue weighted by Crippen LogP contribution is 2.25. The van der Waals surface area contributed by atoms with E-state index in [2.05, 4.69) is 18.7 Å². The Morgan fingerprint density at radius 3 is 2.77 bits per heavy atom. The number of hydrogen-bond acceptors (Lipinski definition) is 2. The smallest absolute Gasteiger partial charge is 0.0936 e. The van der Waals surface area contributed by atoms with Crippen molar-refractivity contribution in [2.75, 3.05) is 19.7 Å². The van der Waals surface area contributed by atoms with Crippen LogP contribution in [0.1, 0.15) is 33.1 Å². The van der Waals surface area contributed by atoms with Crippen molar-refractivity contribution in [2.45, 2.75) is 45.3 Å². The van der Waals surface area contributed by atoms with Gasteiger partial charge in [0.1, 0.15) is 0 Å². The van der Waals surface area contributed by atoms with Gasteiger partial charge in [0.25, 0.3) is 0 Å². The quantitative estimate of drug-likeness (QED) is 0.621. The molecule has 2 aliphatic rings. The molecule has 0 unspecified atom stereocenters. The highest BCUT2D eigenvalue weighted by Gasteiger charge is 2.31. The minimum atomic E-state index is 0.568. The molecule has 2 heteroatoms. The molecule has 2 fully saturated rings. The Morgan fingerprint density at radius 1 is 1.38 bits per heavy atom. The van der Waals surface area contributed by atoms with Gasteiger partial charge in [-0.25, -0.2) is 0 Å². The molecule has 0 amide bonds. The molecule has 3 atom stereocenters. The average molecular weight is 183 g/mol. The molecule has 0 N–H and O–H groups in total. The molecule has 0 spiro atoms. The Hall–Kier alpha value is -0.0800. The number of likely N-dealkylation sites (tertiary alicyclic amines) is 1. The first-order chi connectivity index (χ1) is 6.29. The summed E-state index contributed by atoms with van der Waals surface area (Å²) < 4.78 is 5.29. The molecule has 2 nitrogen and oxygen atoms in total. The Kier molecular flexibility index (Phi) is 2.89. The lowest BCUT2D eigenvalue weighted by Gasteiger charge is -2.37. The summed E-state index contributed by atoms with van der Waals surface area (Å²) in [6.45, 7) is 8.15. The van der Waals surface area contributed by atoms with Gasteiger partial charge in [-0.05, 0) is 25.7 Å². The van der Waals surface area contributed by atoms with Gasteiger partial charge in [0.2, 0.25) is 0 Å². The third-order valence-electron chi connectivity index (χ3n) is 3.53. The fourth-order valence-electron chi connectivity index (χ4n) is 2.29. The second kappa shape index (κ2) is 3.97. The fourth-order valence-corrected chi connectivity index (χ4v) is 2.29. The van der Waals surface area contributed by atoms with Gasteiger partial charge in [0, 0.05) is 19.1 Å². The lowest BCUT2D eigenvalue weighted by molar-refractivity contribution is 0.107. The molecule has 0 radical (unpaired) electrons. The number of nitrogens with zero attached hydrogens (tertiary/aromatic N) is 1. The number of hydrogen-bond donors (Lipinski definition) is 0. The van der Waals surface area contributed by atoms with Crippen molar-refractivity contribution in [3.05, 3.63) is 0 Å². The summed E-state index contributed by atoms with van der Waals surface area (Å²) in [6, 6.07) is 0.784. The summed E-state index contributed by atoms with van der Waals surface area (Å²) in [5.41, 5.74) is 0. The molecule has 2 saturated heterocycles. The van der Waals surface area contributed by atoms with E-state index >= 15 is 0 Å². The van der Waals surface area contributed by atoms with E-state index < -0.39 is 0 Å². The largest absolute Gasteiger partial charge is 0.372 e. The molecule has 2 heterocycles. The minimum Gasteiger partial charge on any atom is -0.372 e. The van der Waals surface area contributed by atoms with E-state index in [-0.39, 0.29) is 0 Å². The normalized spacial score (nSPS) is 40.6. The van der Waals surface area contributed by atoms with Crippen LogP contribution in [0.15, 0.2) is 0 Å². The number of rotatable bonds is 3. The SMILES string of the molecule is CC[C@@H]1CC[C@@H](C)N(C[C@H]2CO2)C1. The van der Waals surface area contributed by atoms with Gasteiger partial charge in [-0.3, -0.25) is 4.90 Å². The van der Waals surface area contributed by atoms with Gasteiger partial charge < -0.3 is 4.74 Å². The standard InChI is InChI=1S/C11H21NO/c1-3-10-5-4-9(2)12(6-10)7-11-8-13-11/h9-11H,3-8H2,1-2H3/t9-,10-,11+/m1/s1. The van der Waals surface area contributed by atoms with Crippen LogP contribution in [0.25, 0.3) is 0 Å². The molecular weight excluding hydrogens is 162 g/mol. The summed E-state index contributed by atoms with van der Waals surface area (Å²) in [4.78, 5) is 2.62. The van der Waals surface area contributed by atoms with Crippen molar-refractivity contribution >= 4 is 0 Å². The van der Waals surface area contributed by atoms with E-state index in [0.717, 1.165) is 18.6 Å². The summed E-state index contributed by atoms with van der Waals surface area (Å²) in [5.74, 6) is 0.940. The first-order valence-electron chi connectivity index (χ1n) is 5.65. The van der Waals surface area contributed by atoms with E-state index in [1.54, 1.807) is 0 Å². The van der Waals surface area contributed by atoms with Crippen LogP contribution >= 0.6 is 0 Å². The second-order valence-corrected chi connectivity index (χ2v) is 4.61. The third-order valence-corrected chi connectivity index (χ3v) is 3.53. The molecule has 0 saturated carbocycles. The third kappa shape index (κ3) is 2.44. The molecule has 0 aromatic heterocycles. The molecule has 76 valence electrons. The molecule has 0 aromatic carbocycles. The zero-order chi connectivity index (χ0) is 9.26. The maximum atomic E-state index is 5.29. The van der Waals surface area contributed by atoms with Crippen LogP contribution < -0.4 is 0 Å². The van der Waals surface area contributed by atoms with Gasteiger partial charge in [-0.2, -0.15) is 0 Å². The molecule has 0 aliphatic carbocycles. The van der Waals surface area contributed by atoms with E-state index in [9.17, 15) is 0 Å². The van der Waals surface area contributed by atoms with Crippen LogP contribution in [0.3, 0.4) is 0 Å². The molecule has 2 rings (SSSR count). The molecular formula is C11H21NO. The van der Waals surface area contributed by atoms with Gasteiger partial charge >= 0.3 is 0 Å². The average Bonchev–Trinajstić information content (AvgIpc) is 2.93. The first kappa shape index (κ1) is 9.47. The Morgan fingerprint density at radius 2 is 2.15 bits per heavy atom. The molecule has 0 aromatic rings. The lowest BCUT2D eigenvalue weighted by Crippen LogP contribution is -2.43. The van der Waals surface area contributed by atoms with Gasteiger partial charge in [-0.1, -0.05) is 13.3 Å². The topological polar surface area (TPSA) is 15.8 Å². The summed E-state index contributed by atoms with van der Waals surface area (Å²) in [7, 11) is 0. The zero-order valence-electron chi connectivity index (χ0n) is 8.83. The van der Waals surface area contributed by atoms with Gasteiger partial charge in [0.05, 0.1) is 12.7 Å². The highest BCUT2D eigenvalue weighted by atomic mass is 16.6. The van der Waals surface area contributed by atoms with Crippen molar-refractivity contribution in [3.8, 4) is 0 Å². The van der Waals surface area contributed by atoms with Crippen LogP contribution in [-0.4, -0.2) is 36.7 Å². The van der Waals surface area contributed by atoms with Crippen LogP contribution in [0, 0.1) is 5.92 Å². The highest BCUT2D eigenvalue weighted by molar-refractivity contribution is 4.83. The predicted molar refractivity (Wildman–Crippen MR) is 53.8 cm³/mol. The van der Waals surface area contributed by atoms with E-state index in [0.29, 0.717) is 6.10 Å². The maximum absolute atomic E-state index is 5.29. The van der Waals surface area contributed by atoms with Crippen LogP contribution in [0.2, 0.25) is 0 Å². The number of piperidine rings is 1. The summed E-state index contributed by atoms with van der Waals surface area (Å²) >= 11 is 0. The summed E-state index contributed by atoms with van der Waals surface area (Å²) in [6.07, 6.45) is 4.72. The fraction of sp³-hybridized carbons (Fsp3) is 1.00. The monoisotopic (exact) mass is 183 g/mol. The zero-order valence-corrected chi connectivity index (χ0v) is 8.83. The van der Waals surface area contributed by atoms with Crippen molar-refractivity contribution in [2.24, 2.45) is 5.92 Å². The maximum Gasteiger partial charge on any atom is 0.0936 e.